The van der Waals surface area contributed by atoms with Crippen LogP contribution >= 0.6 is 0 Å². The van der Waals surface area contributed by atoms with Crippen molar-refractivity contribution < 1.29 is 0 Å². The van der Waals surface area contributed by atoms with Gasteiger partial charge in [0, 0.05) is 18.3 Å². The lowest BCUT2D eigenvalue weighted by molar-refractivity contribution is 0.221. The number of rotatable bonds is 9. The van der Waals surface area contributed by atoms with Gasteiger partial charge in [-0.15, -0.1) is 0 Å². The molecule has 0 amide bonds. The smallest absolute Gasteiger partial charge is 0.131 e. The molecule has 0 aromatic carbocycles. The van der Waals surface area contributed by atoms with Crippen molar-refractivity contribution in [1.29, 1.82) is 0 Å². The molecule has 2 fully saturated rings. The molecule has 2 aliphatic rings. The summed E-state index contributed by atoms with van der Waals surface area (Å²) in [5.74, 6) is 4.79. The second-order valence-corrected chi connectivity index (χ2v) is 9.48. The van der Waals surface area contributed by atoms with E-state index in [2.05, 4.69) is 23.8 Å². The van der Waals surface area contributed by atoms with Gasteiger partial charge >= 0.3 is 0 Å². The molecule has 0 saturated heterocycles. The highest BCUT2D eigenvalue weighted by atomic mass is 14.9. The molecule has 0 spiro atoms. The first kappa shape index (κ1) is 20.8. The SMILES string of the molecule is CCCCC[C@H]1CC[C@H](CCC2CCC(c3ncc(CC)cn3)CC2)CC1. The van der Waals surface area contributed by atoms with Crippen molar-refractivity contribution >= 4 is 0 Å². The maximum absolute atomic E-state index is 4.64. The quantitative estimate of drug-likeness (QED) is 0.421. The summed E-state index contributed by atoms with van der Waals surface area (Å²) < 4.78 is 0. The zero-order valence-corrected chi connectivity index (χ0v) is 18.0. The van der Waals surface area contributed by atoms with Crippen LogP contribution in [0.2, 0.25) is 0 Å². The lowest BCUT2D eigenvalue weighted by Gasteiger charge is -2.31. The Labute approximate surface area is 168 Å². The average Bonchev–Trinajstić information content (AvgIpc) is 2.74. The highest BCUT2D eigenvalue weighted by Crippen LogP contribution is 2.39. The lowest BCUT2D eigenvalue weighted by Crippen LogP contribution is -2.18. The van der Waals surface area contributed by atoms with E-state index in [4.69, 9.17) is 0 Å². The molecule has 0 aliphatic heterocycles. The number of nitrogens with zero attached hydrogens (tertiary/aromatic N) is 2. The molecule has 1 aromatic rings. The fourth-order valence-corrected chi connectivity index (χ4v) is 5.43. The number of hydrogen-bond donors (Lipinski definition) is 0. The first-order valence-corrected chi connectivity index (χ1v) is 12.1. The molecule has 0 unspecified atom stereocenters. The largest absolute Gasteiger partial charge is 0.241 e. The van der Waals surface area contributed by atoms with Gasteiger partial charge in [0.1, 0.15) is 5.82 Å². The first-order chi connectivity index (χ1) is 13.3. The second-order valence-electron chi connectivity index (χ2n) is 9.48. The molecule has 2 heteroatoms. The van der Waals surface area contributed by atoms with Gasteiger partial charge in [-0.2, -0.15) is 0 Å². The van der Waals surface area contributed by atoms with Gasteiger partial charge in [-0.05, 0) is 55.4 Å². The third-order valence-electron chi connectivity index (χ3n) is 7.51. The van der Waals surface area contributed by atoms with E-state index in [1.54, 1.807) is 0 Å². The van der Waals surface area contributed by atoms with E-state index < -0.39 is 0 Å². The first-order valence-electron chi connectivity index (χ1n) is 12.1. The van der Waals surface area contributed by atoms with Crippen LogP contribution in [0, 0.1) is 17.8 Å². The average molecular weight is 371 g/mol. The Hall–Kier alpha value is -0.920. The number of hydrogen-bond acceptors (Lipinski definition) is 2. The van der Waals surface area contributed by atoms with E-state index in [1.807, 2.05) is 12.4 Å². The molecule has 2 aliphatic carbocycles. The van der Waals surface area contributed by atoms with Gasteiger partial charge in [0.05, 0.1) is 0 Å². The normalized spacial score (nSPS) is 29.0. The van der Waals surface area contributed by atoms with Crippen LogP contribution in [0.25, 0.3) is 0 Å². The van der Waals surface area contributed by atoms with Crippen molar-refractivity contribution in [2.24, 2.45) is 17.8 Å². The Morgan fingerprint density at radius 1 is 0.704 bits per heavy atom. The zero-order valence-electron chi connectivity index (χ0n) is 18.0. The van der Waals surface area contributed by atoms with Crippen molar-refractivity contribution in [3.63, 3.8) is 0 Å². The standard InChI is InChI=1S/C25H42N2/c1-3-5-6-7-21-8-10-22(11-9-21)12-13-23-14-16-24(17-15-23)25-26-18-20(4-2)19-27-25/h18-19,21-24H,3-17H2,1-2H3/t21-,22-,23?,24?. The van der Waals surface area contributed by atoms with Crippen molar-refractivity contribution in [1.82, 2.24) is 9.97 Å². The molecule has 0 radical (unpaired) electrons. The zero-order chi connectivity index (χ0) is 18.9. The monoisotopic (exact) mass is 370 g/mol. The summed E-state index contributed by atoms with van der Waals surface area (Å²) in [6.45, 7) is 4.49. The van der Waals surface area contributed by atoms with Crippen LogP contribution in [0.15, 0.2) is 12.4 Å². The minimum atomic E-state index is 0.616. The molecule has 0 atom stereocenters. The Morgan fingerprint density at radius 2 is 1.22 bits per heavy atom. The van der Waals surface area contributed by atoms with Crippen molar-refractivity contribution in [2.45, 2.75) is 116 Å². The molecule has 2 nitrogen and oxygen atoms in total. The van der Waals surface area contributed by atoms with Crippen molar-refractivity contribution in [2.75, 3.05) is 0 Å². The highest BCUT2D eigenvalue weighted by molar-refractivity contribution is 5.07. The summed E-state index contributed by atoms with van der Waals surface area (Å²) in [5, 5.41) is 0. The van der Waals surface area contributed by atoms with Crippen LogP contribution in [0.4, 0.5) is 0 Å². The molecular formula is C25H42N2. The molecule has 2 saturated carbocycles. The molecule has 152 valence electrons. The van der Waals surface area contributed by atoms with Gasteiger partial charge in [0.2, 0.25) is 0 Å². The van der Waals surface area contributed by atoms with Gasteiger partial charge in [0.15, 0.2) is 0 Å². The van der Waals surface area contributed by atoms with Crippen LogP contribution in [-0.4, -0.2) is 9.97 Å². The maximum atomic E-state index is 4.64. The maximum Gasteiger partial charge on any atom is 0.131 e. The van der Waals surface area contributed by atoms with Crippen LogP contribution in [0.5, 0.6) is 0 Å². The van der Waals surface area contributed by atoms with E-state index in [0.29, 0.717) is 5.92 Å². The van der Waals surface area contributed by atoms with E-state index in [-0.39, 0.29) is 0 Å². The van der Waals surface area contributed by atoms with E-state index in [1.165, 1.54) is 95.5 Å². The van der Waals surface area contributed by atoms with Gasteiger partial charge in [-0.25, -0.2) is 9.97 Å². The molecule has 3 rings (SSSR count). The fourth-order valence-electron chi connectivity index (χ4n) is 5.43. The Bertz CT molecular complexity index is 508. The second kappa shape index (κ2) is 11.2. The summed E-state index contributed by atoms with van der Waals surface area (Å²) >= 11 is 0. The summed E-state index contributed by atoms with van der Waals surface area (Å²) in [4.78, 5) is 9.28. The number of aromatic nitrogens is 2. The van der Waals surface area contributed by atoms with E-state index >= 15 is 0 Å². The van der Waals surface area contributed by atoms with Crippen molar-refractivity contribution in [3.8, 4) is 0 Å². The summed E-state index contributed by atoms with van der Waals surface area (Å²) in [7, 11) is 0. The summed E-state index contributed by atoms with van der Waals surface area (Å²) in [6, 6.07) is 0. The van der Waals surface area contributed by atoms with Gasteiger partial charge in [-0.1, -0.05) is 78.1 Å². The predicted molar refractivity (Wildman–Crippen MR) is 115 cm³/mol. The molecule has 1 aromatic heterocycles. The third-order valence-corrected chi connectivity index (χ3v) is 7.51. The van der Waals surface area contributed by atoms with E-state index in [0.717, 1.165) is 30.0 Å². The third kappa shape index (κ3) is 6.57. The van der Waals surface area contributed by atoms with Gasteiger partial charge in [-0.3, -0.25) is 0 Å². The van der Waals surface area contributed by atoms with Crippen LogP contribution in [0.3, 0.4) is 0 Å². The summed E-state index contributed by atoms with van der Waals surface area (Å²) in [5.41, 5.74) is 1.26. The Kier molecular flexibility index (Phi) is 8.61. The summed E-state index contributed by atoms with van der Waals surface area (Å²) in [6.07, 6.45) is 25.4. The Balaban J connectivity index is 1.31. The van der Waals surface area contributed by atoms with Crippen LogP contribution in [-0.2, 0) is 6.42 Å². The molecule has 27 heavy (non-hydrogen) atoms. The van der Waals surface area contributed by atoms with E-state index in [9.17, 15) is 0 Å². The fraction of sp³-hybridized carbons (Fsp3) is 0.840. The lowest BCUT2D eigenvalue weighted by atomic mass is 9.74. The molecule has 0 bridgehead atoms. The van der Waals surface area contributed by atoms with Crippen LogP contribution in [0.1, 0.15) is 121 Å². The number of unbranched alkanes of at least 4 members (excludes halogenated alkanes) is 2. The molecule has 0 N–H and O–H groups in total. The van der Waals surface area contributed by atoms with Crippen LogP contribution < -0.4 is 0 Å². The molecule has 1 heterocycles. The highest BCUT2D eigenvalue weighted by Gasteiger charge is 2.26. The van der Waals surface area contributed by atoms with Crippen molar-refractivity contribution in [3.05, 3.63) is 23.8 Å². The number of aryl methyl sites for hydroxylation is 1. The minimum absolute atomic E-state index is 0.616. The van der Waals surface area contributed by atoms with Gasteiger partial charge in [0.25, 0.3) is 0 Å². The molecular weight excluding hydrogens is 328 g/mol. The topological polar surface area (TPSA) is 25.8 Å². The predicted octanol–water partition coefficient (Wildman–Crippen LogP) is 7.48. The Morgan fingerprint density at radius 3 is 1.74 bits per heavy atom. The minimum Gasteiger partial charge on any atom is -0.241 e. The van der Waals surface area contributed by atoms with Gasteiger partial charge < -0.3 is 0 Å².